The lowest BCUT2D eigenvalue weighted by Gasteiger charge is -2.57. The zero-order chi connectivity index (χ0) is 19.5. The number of likely N-dealkylation sites (tertiary alicyclic amines) is 1. The Morgan fingerprint density at radius 1 is 1.21 bits per heavy atom. The molecule has 28 heavy (non-hydrogen) atoms. The molecule has 3 fully saturated rings. The summed E-state index contributed by atoms with van der Waals surface area (Å²) in [5.74, 6) is 1.43. The van der Waals surface area contributed by atoms with Gasteiger partial charge in [0.25, 0.3) is 0 Å². The van der Waals surface area contributed by atoms with Crippen molar-refractivity contribution in [3.05, 3.63) is 35.9 Å². The third kappa shape index (κ3) is 4.42. The molecule has 0 aliphatic carbocycles. The molecule has 2 N–H and O–H groups in total. The maximum absolute atomic E-state index is 11.5. The second-order valence-electron chi connectivity index (χ2n) is 9.04. The smallest absolute Gasteiger partial charge is 0.216 e. The molecule has 154 valence electrons. The van der Waals surface area contributed by atoms with Crippen molar-refractivity contribution in [2.75, 3.05) is 32.7 Å². The number of nitrogens with zero attached hydrogens (tertiary/aromatic N) is 2. The van der Waals surface area contributed by atoms with Gasteiger partial charge in [-0.2, -0.15) is 0 Å². The number of aliphatic hydroxyl groups excluding tert-OH is 1. The third-order valence-electron chi connectivity index (χ3n) is 7.16. The van der Waals surface area contributed by atoms with Crippen LogP contribution in [0.5, 0.6) is 0 Å². The number of aliphatic hydroxyl groups is 1. The van der Waals surface area contributed by atoms with Crippen LogP contribution in [0.15, 0.2) is 30.3 Å². The highest BCUT2D eigenvalue weighted by Gasteiger charge is 2.46. The molecule has 0 spiro atoms. The highest BCUT2D eigenvalue weighted by atomic mass is 16.3. The van der Waals surface area contributed by atoms with Crippen molar-refractivity contribution in [3.63, 3.8) is 0 Å². The number of fused-ring (bicyclic) bond motifs is 4. The molecule has 3 heterocycles. The summed E-state index contributed by atoms with van der Waals surface area (Å²) in [5, 5.41) is 13.7. The fraction of sp³-hybridized carbons (Fsp3) is 0.696. The van der Waals surface area contributed by atoms with Gasteiger partial charge in [-0.1, -0.05) is 36.8 Å². The van der Waals surface area contributed by atoms with Crippen LogP contribution in [0.25, 0.3) is 0 Å². The van der Waals surface area contributed by atoms with Gasteiger partial charge in [0.15, 0.2) is 0 Å². The molecule has 0 aromatic heterocycles. The van der Waals surface area contributed by atoms with E-state index < -0.39 is 0 Å². The lowest BCUT2D eigenvalue weighted by atomic mass is 9.72. The van der Waals surface area contributed by atoms with Crippen LogP contribution < -0.4 is 5.32 Å². The van der Waals surface area contributed by atoms with E-state index in [0.29, 0.717) is 18.0 Å². The van der Waals surface area contributed by atoms with Gasteiger partial charge in [0.05, 0.1) is 6.10 Å². The zero-order valence-electron chi connectivity index (χ0n) is 17.1. The van der Waals surface area contributed by atoms with Crippen molar-refractivity contribution in [2.24, 2.45) is 11.8 Å². The Hall–Kier alpha value is -1.43. The average Bonchev–Trinajstić information content (AvgIpc) is 2.72. The van der Waals surface area contributed by atoms with Gasteiger partial charge in [-0.15, -0.1) is 0 Å². The summed E-state index contributed by atoms with van der Waals surface area (Å²) in [5.41, 5.74) is 1.02. The number of benzene rings is 1. The van der Waals surface area contributed by atoms with Crippen LogP contribution in [-0.2, 0) is 4.79 Å². The topological polar surface area (TPSA) is 55.8 Å². The summed E-state index contributed by atoms with van der Waals surface area (Å²) in [4.78, 5) is 16.8. The Labute approximate surface area is 169 Å². The molecule has 1 aromatic rings. The van der Waals surface area contributed by atoms with Crippen LogP contribution in [0.4, 0.5) is 0 Å². The molecule has 1 aromatic carbocycles. The quantitative estimate of drug-likeness (QED) is 0.790. The first kappa shape index (κ1) is 19.9. The zero-order valence-corrected chi connectivity index (χ0v) is 17.1. The van der Waals surface area contributed by atoms with E-state index in [2.05, 4.69) is 15.1 Å². The molecule has 5 heteroatoms. The van der Waals surface area contributed by atoms with Crippen molar-refractivity contribution < 1.29 is 9.90 Å². The first-order valence-corrected chi connectivity index (χ1v) is 11.1. The summed E-state index contributed by atoms with van der Waals surface area (Å²) < 4.78 is 0. The number of carbonyl (C=O) groups excluding carboxylic acids is 1. The molecule has 3 saturated heterocycles. The molecule has 3 aliphatic heterocycles. The molecule has 0 saturated carbocycles. The maximum Gasteiger partial charge on any atom is 0.216 e. The number of nitrogens with one attached hydrogen (secondary N) is 1. The minimum Gasteiger partial charge on any atom is -0.388 e. The second-order valence-corrected chi connectivity index (χ2v) is 9.04. The Bertz CT molecular complexity index is 653. The molecule has 5 nitrogen and oxygen atoms in total. The van der Waals surface area contributed by atoms with Crippen LogP contribution in [-0.4, -0.2) is 65.6 Å². The summed E-state index contributed by atoms with van der Waals surface area (Å²) in [7, 11) is 0. The fourth-order valence-electron chi connectivity index (χ4n) is 5.86. The van der Waals surface area contributed by atoms with Gasteiger partial charge in [0, 0.05) is 45.2 Å². The van der Waals surface area contributed by atoms with Crippen molar-refractivity contribution in [1.82, 2.24) is 15.1 Å². The van der Waals surface area contributed by atoms with Gasteiger partial charge >= 0.3 is 0 Å². The van der Waals surface area contributed by atoms with Crippen LogP contribution in [0, 0.1) is 11.8 Å². The van der Waals surface area contributed by atoms with Crippen LogP contribution >= 0.6 is 0 Å². The van der Waals surface area contributed by atoms with Crippen molar-refractivity contribution in [3.8, 4) is 0 Å². The summed E-state index contributed by atoms with van der Waals surface area (Å²) in [6.07, 6.45) is 5.62. The molecule has 0 unspecified atom stereocenters. The Morgan fingerprint density at radius 2 is 2.00 bits per heavy atom. The Kier molecular flexibility index (Phi) is 6.34. The van der Waals surface area contributed by atoms with Gasteiger partial charge in [-0.25, -0.2) is 0 Å². The van der Waals surface area contributed by atoms with E-state index in [4.69, 9.17) is 0 Å². The van der Waals surface area contributed by atoms with E-state index in [-0.39, 0.29) is 12.0 Å². The Balaban J connectivity index is 1.40. The van der Waals surface area contributed by atoms with Crippen LogP contribution in [0.2, 0.25) is 0 Å². The third-order valence-corrected chi connectivity index (χ3v) is 7.16. The van der Waals surface area contributed by atoms with E-state index in [1.165, 1.54) is 32.2 Å². The van der Waals surface area contributed by atoms with Crippen molar-refractivity contribution in [1.29, 1.82) is 0 Å². The molecule has 1 amide bonds. The van der Waals surface area contributed by atoms with E-state index >= 15 is 0 Å². The van der Waals surface area contributed by atoms with Gasteiger partial charge in [0.2, 0.25) is 5.91 Å². The summed E-state index contributed by atoms with van der Waals surface area (Å²) in [6, 6.07) is 11.1. The normalized spacial score (nSPS) is 31.8. The molecular weight excluding hydrogens is 350 g/mol. The van der Waals surface area contributed by atoms with Gasteiger partial charge in [-0.05, 0) is 49.6 Å². The predicted octanol–water partition coefficient (Wildman–Crippen LogP) is 2.42. The Morgan fingerprint density at radius 3 is 2.79 bits per heavy atom. The standard InChI is InChI=1S/C23H35N3O2/c1-17(27)24-14-22-20-13-19(21-9-5-6-11-26(21)22)15-25(16-20)12-10-23(28)18-7-3-2-4-8-18/h2-4,7-8,19-23,28H,5-6,9-16H2,1H3,(H,24,27)/t19-,20+,21+,22+,23-/m1/s1. The lowest BCUT2D eigenvalue weighted by Crippen LogP contribution is -2.65. The largest absolute Gasteiger partial charge is 0.388 e. The van der Waals surface area contributed by atoms with Gasteiger partial charge in [-0.3, -0.25) is 9.69 Å². The summed E-state index contributed by atoms with van der Waals surface area (Å²) >= 11 is 0. The van der Waals surface area contributed by atoms with Gasteiger partial charge in [0.1, 0.15) is 0 Å². The monoisotopic (exact) mass is 385 g/mol. The van der Waals surface area contributed by atoms with Crippen molar-refractivity contribution >= 4 is 5.91 Å². The molecular formula is C23H35N3O2. The van der Waals surface area contributed by atoms with Gasteiger partial charge < -0.3 is 15.3 Å². The number of rotatable bonds is 6. The first-order chi connectivity index (χ1) is 13.6. The lowest BCUT2D eigenvalue weighted by molar-refractivity contribution is -0.120. The minimum absolute atomic E-state index is 0.0781. The number of hydrogen-bond donors (Lipinski definition) is 2. The van der Waals surface area contributed by atoms with Crippen LogP contribution in [0.3, 0.4) is 0 Å². The van der Waals surface area contributed by atoms with E-state index in [1.807, 2.05) is 30.3 Å². The number of piperidine rings is 3. The number of hydrogen-bond acceptors (Lipinski definition) is 4. The molecule has 5 atom stereocenters. The first-order valence-electron chi connectivity index (χ1n) is 11.1. The fourth-order valence-corrected chi connectivity index (χ4v) is 5.86. The second kappa shape index (κ2) is 8.93. The highest BCUT2D eigenvalue weighted by molar-refractivity contribution is 5.72. The van der Waals surface area contributed by atoms with E-state index in [9.17, 15) is 9.90 Å². The van der Waals surface area contributed by atoms with E-state index in [0.717, 1.165) is 44.1 Å². The molecule has 3 aliphatic rings. The number of carbonyl (C=O) groups is 1. The number of amides is 1. The van der Waals surface area contributed by atoms with Crippen LogP contribution in [0.1, 0.15) is 50.7 Å². The highest BCUT2D eigenvalue weighted by Crippen LogP contribution is 2.41. The molecule has 4 rings (SSSR count). The van der Waals surface area contributed by atoms with E-state index in [1.54, 1.807) is 6.92 Å². The molecule has 2 bridgehead atoms. The maximum atomic E-state index is 11.5. The average molecular weight is 386 g/mol. The SMILES string of the molecule is CC(=O)NC[C@H]1[C@H]2C[C@H](CN(CC[C@@H](O)c3ccccc3)C2)[C@@H]2CCCCN21. The summed E-state index contributed by atoms with van der Waals surface area (Å²) in [6.45, 7) is 6.79. The minimum atomic E-state index is -0.385. The van der Waals surface area contributed by atoms with Crippen molar-refractivity contribution in [2.45, 2.75) is 57.2 Å². The predicted molar refractivity (Wildman–Crippen MR) is 111 cm³/mol. The molecule has 0 radical (unpaired) electrons.